The molecule has 1 aliphatic rings. The summed E-state index contributed by atoms with van der Waals surface area (Å²) in [7, 11) is 2.58. The summed E-state index contributed by atoms with van der Waals surface area (Å²) in [5.41, 5.74) is 0. The molecule has 2 atom stereocenters. The van der Waals surface area contributed by atoms with Crippen LogP contribution in [0.4, 0.5) is 0 Å². The quantitative estimate of drug-likeness (QED) is 0.565. The molecular weight excluding hydrogens is 176 g/mol. The molecule has 1 rings (SSSR count). The molecule has 13 heavy (non-hydrogen) atoms. The predicted molar refractivity (Wildman–Crippen MR) is 41.9 cm³/mol. The highest BCUT2D eigenvalue weighted by Gasteiger charge is 2.35. The molecule has 0 saturated carbocycles. The molecule has 1 saturated heterocycles. The number of hydrogen-bond donors (Lipinski definition) is 0. The lowest BCUT2D eigenvalue weighted by molar-refractivity contribution is -0.161. The van der Waals surface area contributed by atoms with Crippen molar-refractivity contribution in [3.63, 3.8) is 0 Å². The van der Waals surface area contributed by atoms with Crippen molar-refractivity contribution in [1.29, 1.82) is 0 Å². The van der Waals surface area contributed by atoms with E-state index in [0.717, 1.165) is 0 Å². The van der Waals surface area contributed by atoms with Crippen LogP contribution < -0.4 is 0 Å². The fourth-order valence-corrected chi connectivity index (χ4v) is 1.25. The highest BCUT2D eigenvalue weighted by molar-refractivity contribution is 5.78. The molecule has 0 aromatic rings. The molecule has 5 nitrogen and oxygen atoms in total. The number of methoxy groups -OCH3 is 2. The van der Waals surface area contributed by atoms with Gasteiger partial charge in [0.2, 0.25) is 0 Å². The van der Waals surface area contributed by atoms with E-state index in [2.05, 4.69) is 9.47 Å². The second-order valence-electron chi connectivity index (χ2n) is 2.74. The van der Waals surface area contributed by atoms with E-state index in [1.807, 2.05) is 0 Å². The van der Waals surface area contributed by atoms with Crippen LogP contribution in [0.25, 0.3) is 0 Å². The number of rotatable bonds is 2. The smallest absolute Gasteiger partial charge is 0.335 e. The largest absolute Gasteiger partial charge is 0.467 e. The molecule has 5 heteroatoms. The normalized spacial score (nSPS) is 26.9. The summed E-state index contributed by atoms with van der Waals surface area (Å²) >= 11 is 0. The van der Waals surface area contributed by atoms with Crippen LogP contribution in [0.1, 0.15) is 12.8 Å². The molecule has 0 aromatic carbocycles. The van der Waals surface area contributed by atoms with E-state index in [0.29, 0.717) is 12.8 Å². The molecule has 74 valence electrons. The van der Waals surface area contributed by atoms with Crippen LogP contribution in [0.3, 0.4) is 0 Å². The molecule has 0 aromatic heterocycles. The molecule has 0 amide bonds. The SMILES string of the molecule is COC(=O)C1CCC(C(=O)OC)O1. The Balaban J connectivity index is 2.44. The van der Waals surface area contributed by atoms with Gasteiger partial charge in [0.1, 0.15) is 0 Å². The van der Waals surface area contributed by atoms with Crippen molar-refractivity contribution < 1.29 is 23.8 Å². The highest BCUT2D eigenvalue weighted by atomic mass is 16.6. The van der Waals surface area contributed by atoms with Crippen molar-refractivity contribution in [2.75, 3.05) is 14.2 Å². The molecule has 0 N–H and O–H groups in total. The molecular formula is C8H12O5. The first kappa shape index (κ1) is 9.98. The lowest BCUT2D eigenvalue weighted by Gasteiger charge is -2.09. The minimum atomic E-state index is -0.617. The summed E-state index contributed by atoms with van der Waals surface area (Å²) in [4.78, 5) is 21.9. The minimum absolute atomic E-state index is 0.439. The summed E-state index contributed by atoms with van der Waals surface area (Å²) < 4.78 is 14.1. The van der Waals surface area contributed by atoms with Gasteiger partial charge in [-0.2, -0.15) is 0 Å². The van der Waals surface area contributed by atoms with Crippen LogP contribution >= 0.6 is 0 Å². The Bertz CT molecular complexity index is 191. The number of ether oxygens (including phenoxy) is 3. The van der Waals surface area contributed by atoms with E-state index >= 15 is 0 Å². The van der Waals surface area contributed by atoms with Crippen molar-refractivity contribution in [3.05, 3.63) is 0 Å². The summed E-state index contributed by atoms with van der Waals surface area (Å²) in [6.07, 6.45) is -0.220. The zero-order chi connectivity index (χ0) is 9.84. The fourth-order valence-electron chi connectivity index (χ4n) is 1.25. The Morgan fingerprint density at radius 1 is 1.08 bits per heavy atom. The zero-order valence-electron chi connectivity index (χ0n) is 7.61. The molecule has 0 spiro atoms. The van der Waals surface area contributed by atoms with Gasteiger partial charge in [0.05, 0.1) is 14.2 Å². The lowest BCUT2D eigenvalue weighted by Crippen LogP contribution is -2.26. The van der Waals surface area contributed by atoms with E-state index in [1.54, 1.807) is 0 Å². The van der Waals surface area contributed by atoms with Crippen molar-refractivity contribution >= 4 is 11.9 Å². The first-order chi connectivity index (χ1) is 6.19. The van der Waals surface area contributed by atoms with E-state index in [9.17, 15) is 9.59 Å². The van der Waals surface area contributed by atoms with Gasteiger partial charge in [-0.15, -0.1) is 0 Å². The van der Waals surface area contributed by atoms with Gasteiger partial charge in [-0.05, 0) is 12.8 Å². The number of hydrogen-bond acceptors (Lipinski definition) is 5. The summed E-state index contributed by atoms with van der Waals surface area (Å²) in [6.45, 7) is 0. The van der Waals surface area contributed by atoms with E-state index in [1.165, 1.54) is 14.2 Å². The number of esters is 2. The molecule has 1 aliphatic heterocycles. The summed E-state index contributed by atoms with van der Waals surface area (Å²) in [5.74, 6) is -0.877. The Labute approximate surface area is 76.0 Å². The average molecular weight is 188 g/mol. The standard InChI is InChI=1S/C8H12O5/c1-11-7(9)5-3-4-6(13-5)8(10)12-2/h5-6H,3-4H2,1-2H3. The van der Waals surface area contributed by atoms with E-state index in [4.69, 9.17) is 4.74 Å². The Morgan fingerprint density at radius 2 is 1.46 bits per heavy atom. The topological polar surface area (TPSA) is 61.8 Å². The Kier molecular flexibility index (Phi) is 3.25. The van der Waals surface area contributed by atoms with E-state index < -0.39 is 24.1 Å². The second kappa shape index (κ2) is 4.23. The van der Waals surface area contributed by atoms with Crippen molar-refractivity contribution in [1.82, 2.24) is 0 Å². The predicted octanol–water partition coefficient (Wildman–Crippen LogP) is -0.120. The molecule has 1 fully saturated rings. The van der Waals surface area contributed by atoms with Crippen LogP contribution in [0.15, 0.2) is 0 Å². The van der Waals surface area contributed by atoms with E-state index in [-0.39, 0.29) is 0 Å². The fraction of sp³-hybridized carbons (Fsp3) is 0.750. The monoisotopic (exact) mass is 188 g/mol. The van der Waals surface area contributed by atoms with Crippen LogP contribution in [0.2, 0.25) is 0 Å². The van der Waals surface area contributed by atoms with Gasteiger partial charge in [-0.1, -0.05) is 0 Å². The highest BCUT2D eigenvalue weighted by Crippen LogP contribution is 2.21. The van der Waals surface area contributed by atoms with Crippen LogP contribution in [-0.2, 0) is 23.8 Å². The van der Waals surface area contributed by atoms with Crippen molar-refractivity contribution in [2.24, 2.45) is 0 Å². The van der Waals surface area contributed by atoms with Crippen molar-refractivity contribution in [3.8, 4) is 0 Å². The second-order valence-corrected chi connectivity index (χ2v) is 2.74. The van der Waals surface area contributed by atoms with Gasteiger partial charge in [0.25, 0.3) is 0 Å². The van der Waals surface area contributed by atoms with Crippen molar-refractivity contribution in [2.45, 2.75) is 25.0 Å². The number of carbonyl (C=O) groups excluding carboxylic acids is 2. The maximum Gasteiger partial charge on any atom is 0.335 e. The molecule has 0 aliphatic carbocycles. The van der Waals surface area contributed by atoms with Gasteiger partial charge >= 0.3 is 11.9 Å². The van der Waals surface area contributed by atoms with Crippen LogP contribution in [0.5, 0.6) is 0 Å². The first-order valence-corrected chi connectivity index (χ1v) is 4.00. The molecule has 0 bridgehead atoms. The van der Waals surface area contributed by atoms with Gasteiger partial charge < -0.3 is 14.2 Å². The zero-order valence-corrected chi connectivity index (χ0v) is 7.61. The van der Waals surface area contributed by atoms with Gasteiger partial charge in [0, 0.05) is 0 Å². The number of carbonyl (C=O) groups is 2. The van der Waals surface area contributed by atoms with Gasteiger partial charge in [-0.3, -0.25) is 0 Å². The van der Waals surface area contributed by atoms with Gasteiger partial charge in [0.15, 0.2) is 12.2 Å². The molecule has 0 radical (unpaired) electrons. The lowest BCUT2D eigenvalue weighted by atomic mass is 10.2. The third-order valence-corrected chi connectivity index (χ3v) is 1.95. The summed E-state index contributed by atoms with van der Waals surface area (Å²) in [6, 6.07) is 0. The maximum atomic E-state index is 11.0. The van der Waals surface area contributed by atoms with Crippen LogP contribution in [0, 0.1) is 0 Å². The maximum absolute atomic E-state index is 11.0. The first-order valence-electron chi connectivity index (χ1n) is 4.00. The third kappa shape index (κ3) is 2.18. The molecule has 2 unspecified atom stereocenters. The minimum Gasteiger partial charge on any atom is -0.467 e. The van der Waals surface area contributed by atoms with Gasteiger partial charge in [-0.25, -0.2) is 9.59 Å². The Morgan fingerprint density at radius 3 is 1.77 bits per heavy atom. The Hall–Kier alpha value is -1.10. The summed E-state index contributed by atoms with van der Waals surface area (Å²) in [5, 5.41) is 0. The molecule has 1 heterocycles. The average Bonchev–Trinajstić information content (AvgIpc) is 2.64. The third-order valence-electron chi connectivity index (χ3n) is 1.95. The van der Waals surface area contributed by atoms with Crippen LogP contribution in [-0.4, -0.2) is 38.4 Å².